The Balaban J connectivity index is 1.57. The predicted octanol–water partition coefficient (Wildman–Crippen LogP) is 4.13. The molecule has 3 rings (SSSR count). The van der Waals surface area contributed by atoms with Crippen LogP contribution in [0.5, 0.6) is 0 Å². The molecule has 2 amide bonds. The van der Waals surface area contributed by atoms with Crippen molar-refractivity contribution in [2.45, 2.75) is 26.3 Å². The van der Waals surface area contributed by atoms with Crippen molar-refractivity contribution in [1.29, 1.82) is 0 Å². The van der Waals surface area contributed by atoms with Gasteiger partial charge in [0.15, 0.2) is 0 Å². The van der Waals surface area contributed by atoms with E-state index in [0.29, 0.717) is 6.04 Å². The van der Waals surface area contributed by atoms with Gasteiger partial charge in [0.1, 0.15) is 0 Å². The second kappa shape index (κ2) is 7.39. The molecule has 1 heterocycles. The molecule has 0 unspecified atom stereocenters. The van der Waals surface area contributed by atoms with Gasteiger partial charge in [0, 0.05) is 31.0 Å². The summed E-state index contributed by atoms with van der Waals surface area (Å²) < 4.78 is 0. The highest BCUT2D eigenvalue weighted by Gasteiger charge is 2.34. The number of rotatable bonds is 5. The summed E-state index contributed by atoms with van der Waals surface area (Å²) in [5, 5.41) is 2.97. The highest BCUT2D eigenvalue weighted by atomic mass is 16.2. The summed E-state index contributed by atoms with van der Waals surface area (Å²) in [6.45, 7) is 6.79. The van der Waals surface area contributed by atoms with Crippen molar-refractivity contribution in [3.8, 4) is 0 Å². The first-order valence-corrected chi connectivity index (χ1v) is 8.61. The zero-order valence-corrected chi connectivity index (χ0v) is 14.4. The van der Waals surface area contributed by atoms with Gasteiger partial charge in [0.05, 0.1) is 6.04 Å². The van der Waals surface area contributed by atoms with E-state index in [2.05, 4.69) is 41.4 Å². The first-order valence-electron chi connectivity index (χ1n) is 8.61. The molecule has 2 aromatic rings. The number of aryl methyl sites for hydroxylation is 1. The minimum Gasteiger partial charge on any atom is -0.365 e. The summed E-state index contributed by atoms with van der Waals surface area (Å²) in [5.41, 5.74) is 3.28. The fourth-order valence-corrected chi connectivity index (χ4v) is 3.04. The Labute approximate surface area is 144 Å². The van der Waals surface area contributed by atoms with E-state index in [9.17, 15) is 4.79 Å². The van der Waals surface area contributed by atoms with Gasteiger partial charge in [-0.05, 0) is 37.6 Å². The zero-order valence-electron chi connectivity index (χ0n) is 14.4. The van der Waals surface area contributed by atoms with Crippen LogP contribution in [0.1, 0.15) is 18.9 Å². The first-order chi connectivity index (χ1) is 11.7. The van der Waals surface area contributed by atoms with Crippen LogP contribution in [0.2, 0.25) is 0 Å². The molecule has 2 aromatic carbocycles. The third-order valence-corrected chi connectivity index (χ3v) is 4.45. The number of carbonyl (C=O) groups excluding carboxylic acids is 1. The molecule has 4 nitrogen and oxygen atoms in total. The van der Waals surface area contributed by atoms with E-state index in [-0.39, 0.29) is 6.03 Å². The van der Waals surface area contributed by atoms with Crippen LogP contribution in [0.4, 0.5) is 16.2 Å². The first kappa shape index (κ1) is 16.4. The van der Waals surface area contributed by atoms with E-state index < -0.39 is 0 Å². The Morgan fingerprint density at radius 3 is 2.42 bits per heavy atom. The van der Waals surface area contributed by atoms with Gasteiger partial charge in [-0.2, -0.15) is 0 Å². The number of nitrogens with zero attached hydrogens (tertiary/aromatic N) is 2. The number of likely N-dealkylation sites (tertiary alicyclic amines) is 1. The molecule has 0 aliphatic carbocycles. The van der Waals surface area contributed by atoms with Crippen LogP contribution in [0.25, 0.3) is 0 Å². The molecular formula is C20H25N3O. The number of benzene rings is 2. The average molecular weight is 323 g/mol. The Morgan fingerprint density at radius 1 is 1.12 bits per heavy atom. The lowest BCUT2D eigenvalue weighted by Gasteiger charge is -2.46. The molecule has 1 aliphatic heterocycles. The SMILES string of the molecule is CCCN(c1ccccc1)C1CN(C(=O)Nc2ccc(C)cc2)C1. The van der Waals surface area contributed by atoms with E-state index in [0.717, 1.165) is 31.7 Å². The molecule has 0 atom stereocenters. The van der Waals surface area contributed by atoms with E-state index in [1.165, 1.54) is 11.3 Å². The number of nitrogens with one attached hydrogen (secondary N) is 1. The molecular weight excluding hydrogens is 298 g/mol. The predicted molar refractivity (Wildman–Crippen MR) is 99.6 cm³/mol. The second-order valence-electron chi connectivity index (χ2n) is 6.38. The van der Waals surface area contributed by atoms with Crippen molar-refractivity contribution in [3.05, 3.63) is 60.2 Å². The number of hydrogen-bond donors (Lipinski definition) is 1. The number of para-hydroxylation sites is 1. The summed E-state index contributed by atoms with van der Waals surface area (Å²) in [6, 6.07) is 18.7. The molecule has 4 heteroatoms. The van der Waals surface area contributed by atoms with Gasteiger partial charge < -0.3 is 15.1 Å². The molecule has 0 aromatic heterocycles. The quantitative estimate of drug-likeness (QED) is 0.898. The Kier molecular flexibility index (Phi) is 5.04. The van der Waals surface area contributed by atoms with Gasteiger partial charge in [-0.1, -0.05) is 42.8 Å². The van der Waals surface area contributed by atoms with Crippen molar-refractivity contribution in [2.24, 2.45) is 0 Å². The molecule has 1 saturated heterocycles. The third kappa shape index (κ3) is 3.70. The number of hydrogen-bond acceptors (Lipinski definition) is 2. The highest BCUT2D eigenvalue weighted by molar-refractivity contribution is 5.90. The largest absolute Gasteiger partial charge is 0.365 e. The molecule has 1 N–H and O–H groups in total. The van der Waals surface area contributed by atoms with E-state index in [4.69, 9.17) is 0 Å². The molecule has 1 aliphatic rings. The standard InChI is InChI=1S/C20H25N3O/c1-3-13-23(18-7-5-4-6-8-18)19-14-22(15-19)20(24)21-17-11-9-16(2)10-12-17/h4-12,19H,3,13-15H2,1-2H3,(H,21,24). The summed E-state index contributed by atoms with van der Waals surface area (Å²) in [6.07, 6.45) is 1.10. The van der Waals surface area contributed by atoms with Crippen LogP contribution >= 0.6 is 0 Å². The Hall–Kier alpha value is -2.49. The smallest absolute Gasteiger partial charge is 0.321 e. The molecule has 24 heavy (non-hydrogen) atoms. The van der Waals surface area contributed by atoms with Crippen LogP contribution in [0.3, 0.4) is 0 Å². The van der Waals surface area contributed by atoms with Crippen LogP contribution in [0.15, 0.2) is 54.6 Å². The van der Waals surface area contributed by atoms with Crippen LogP contribution < -0.4 is 10.2 Å². The number of anilines is 2. The summed E-state index contributed by atoms with van der Waals surface area (Å²) in [4.78, 5) is 16.6. The van der Waals surface area contributed by atoms with Crippen molar-refractivity contribution in [1.82, 2.24) is 4.90 Å². The lowest BCUT2D eigenvalue weighted by molar-refractivity contribution is 0.161. The Bertz CT molecular complexity index is 663. The van der Waals surface area contributed by atoms with Gasteiger partial charge in [-0.15, -0.1) is 0 Å². The number of carbonyl (C=O) groups is 1. The fourth-order valence-electron chi connectivity index (χ4n) is 3.04. The lowest BCUT2D eigenvalue weighted by atomic mass is 10.1. The summed E-state index contributed by atoms with van der Waals surface area (Å²) >= 11 is 0. The number of amides is 2. The maximum atomic E-state index is 12.3. The molecule has 0 spiro atoms. The minimum absolute atomic E-state index is 0.0142. The van der Waals surface area contributed by atoms with Gasteiger partial charge in [-0.25, -0.2) is 4.79 Å². The minimum atomic E-state index is -0.0142. The zero-order chi connectivity index (χ0) is 16.9. The maximum absolute atomic E-state index is 12.3. The van der Waals surface area contributed by atoms with Gasteiger partial charge in [0.2, 0.25) is 0 Å². The van der Waals surface area contributed by atoms with Crippen molar-refractivity contribution in [3.63, 3.8) is 0 Å². The Morgan fingerprint density at radius 2 is 1.79 bits per heavy atom. The fraction of sp³-hybridized carbons (Fsp3) is 0.350. The topological polar surface area (TPSA) is 35.6 Å². The average Bonchev–Trinajstić information content (AvgIpc) is 2.56. The molecule has 0 saturated carbocycles. The van der Waals surface area contributed by atoms with Gasteiger partial charge in [0.25, 0.3) is 0 Å². The van der Waals surface area contributed by atoms with E-state index >= 15 is 0 Å². The van der Waals surface area contributed by atoms with E-state index in [1.807, 2.05) is 42.2 Å². The molecule has 0 bridgehead atoms. The second-order valence-corrected chi connectivity index (χ2v) is 6.38. The van der Waals surface area contributed by atoms with Crippen LogP contribution in [-0.4, -0.2) is 36.6 Å². The van der Waals surface area contributed by atoms with E-state index in [1.54, 1.807) is 0 Å². The summed E-state index contributed by atoms with van der Waals surface area (Å²) in [7, 11) is 0. The maximum Gasteiger partial charge on any atom is 0.321 e. The third-order valence-electron chi connectivity index (χ3n) is 4.45. The normalized spacial score (nSPS) is 14.2. The van der Waals surface area contributed by atoms with Gasteiger partial charge >= 0.3 is 6.03 Å². The molecule has 0 radical (unpaired) electrons. The number of urea groups is 1. The molecule has 1 fully saturated rings. The van der Waals surface area contributed by atoms with Gasteiger partial charge in [-0.3, -0.25) is 0 Å². The summed E-state index contributed by atoms with van der Waals surface area (Å²) in [5.74, 6) is 0. The van der Waals surface area contributed by atoms with Crippen molar-refractivity contribution >= 4 is 17.4 Å². The van der Waals surface area contributed by atoms with Crippen LogP contribution in [-0.2, 0) is 0 Å². The van der Waals surface area contributed by atoms with Crippen LogP contribution in [0, 0.1) is 6.92 Å². The van der Waals surface area contributed by atoms with Crippen molar-refractivity contribution in [2.75, 3.05) is 29.9 Å². The monoisotopic (exact) mass is 323 g/mol. The highest BCUT2D eigenvalue weighted by Crippen LogP contribution is 2.23. The lowest BCUT2D eigenvalue weighted by Crippen LogP contribution is -2.62. The molecule has 126 valence electrons. The van der Waals surface area contributed by atoms with Crippen molar-refractivity contribution < 1.29 is 4.79 Å².